The Morgan fingerprint density at radius 2 is 1.47 bits per heavy atom. The average molecular weight is 442 g/mol. The molecule has 10 heteroatoms. The molecule has 0 aliphatic heterocycles. The minimum Gasteiger partial charge on any atom is -0.465 e. The van der Waals surface area contributed by atoms with Gasteiger partial charge in [0.2, 0.25) is 11.7 Å². The van der Waals surface area contributed by atoms with Gasteiger partial charge in [-0.2, -0.15) is 0 Å². The minimum absolute atomic E-state index is 0.172. The zero-order chi connectivity index (χ0) is 24.0. The molecule has 2 aromatic carbocycles. The summed E-state index contributed by atoms with van der Waals surface area (Å²) in [5.74, 6) is -2.77. The number of carbonyl (C=O) groups excluding carboxylic acids is 4. The molecule has 0 fully saturated rings. The maximum atomic E-state index is 12.6. The zero-order valence-corrected chi connectivity index (χ0v) is 17.9. The van der Waals surface area contributed by atoms with E-state index >= 15 is 0 Å². The van der Waals surface area contributed by atoms with Gasteiger partial charge in [-0.1, -0.05) is 13.8 Å². The van der Waals surface area contributed by atoms with E-state index in [0.717, 1.165) is 25.3 Å². The number of esters is 2. The maximum Gasteiger partial charge on any atom is 0.339 e. The van der Waals surface area contributed by atoms with Crippen molar-refractivity contribution in [2.24, 2.45) is 5.92 Å². The highest BCUT2D eigenvalue weighted by Gasteiger charge is 2.24. The number of nitrogens with zero attached hydrogens (tertiary/aromatic N) is 1. The highest BCUT2D eigenvalue weighted by Crippen LogP contribution is 2.20. The quantitative estimate of drug-likeness (QED) is 0.284. The fraction of sp³-hybridized carbons (Fsp3) is 0.273. The number of hydrogen-bond acceptors (Lipinski definition) is 8. The van der Waals surface area contributed by atoms with E-state index in [9.17, 15) is 29.3 Å². The van der Waals surface area contributed by atoms with Crippen molar-refractivity contribution in [3.8, 4) is 0 Å². The Hall–Kier alpha value is -4.08. The number of nitrogens with one attached hydrogen (secondary N) is 1. The third-order valence-electron chi connectivity index (χ3n) is 4.40. The van der Waals surface area contributed by atoms with Crippen molar-refractivity contribution in [2.45, 2.75) is 26.9 Å². The second kappa shape index (κ2) is 10.3. The van der Waals surface area contributed by atoms with E-state index in [4.69, 9.17) is 4.74 Å². The van der Waals surface area contributed by atoms with Gasteiger partial charge in [-0.25, -0.2) is 9.59 Å². The summed E-state index contributed by atoms with van der Waals surface area (Å²) < 4.78 is 9.68. The highest BCUT2D eigenvalue weighted by atomic mass is 16.6. The van der Waals surface area contributed by atoms with Crippen molar-refractivity contribution < 1.29 is 33.6 Å². The SMILES string of the molecule is COC(=O)c1cc(C(=O)OC(C)C(=O)c2ccc(NC(=O)C(C)C)cc2)cc([N+](=O)[O-])c1. The van der Waals surface area contributed by atoms with Crippen LogP contribution in [0.3, 0.4) is 0 Å². The van der Waals surface area contributed by atoms with Gasteiger partial charge in [0.05, 0.1) is 23.2 Å². The molecule has 0 heterocycles. The van der Waals surface area contributed by atoms with Gasteiger partial charge in [0.1, 0.15) is 0 Å². The van der Waals surface area contributed by atoms with Crippen LogP contribution in [-0.4, -0.2) is 41.8 Å². The van der Waals surface area contributed by atoms with Gasteiger partial charge in [-0.3, -0.25) is 19.7 Å². The Morgan fingerprint density at radius 1 is 0.906 bits per heavy atom. The molecule has 1 amide bonds. The van der Waals surface area contributed by atoms with Crippen LogP contribution in [0.5, 0.6) is 0 Å². The molecular weight excluding hydrogens is 420 g/mol. The summed E-state index contributed by atoms with van der Waals surface area (Å²) in [4.78, 5) is 58.9. The Kier molecular flexibility index (Phi) is 7.78. The smallest absolute Gasteiger partial charge is 0.339 e. The van der Waals surface area contributed by atoms with Crippen LogP contribution in [0.25, 0.3) is 0 Å². The van der Waals surface area contributed by atoms with Gasteiger partial charge in [0, 0.05) is 29.3 Å². The molecule has 1 atom stereocenters. The van der Waals surface area contributed by atoms with Crippen molar-refractivity contribution in [2.75, 3.05) is 12.4 Å². The van der Waals surface area contributed by atoms with Crippen LogP contribution in [-0.2, 0) is 14.3 Å². The molecule has 0 aromatic heterocycles. The van der Waals surface area contributed by atoms with Crippen molar-refractivity contribution in [1.82, 2.24) is 0 Å². The van der Waals surface area contributed by atoms with Gasteiger partial charge in [-0.15, -0.1) is 0 Å². The summed E-state index contributed by atoms with van der Waals surface area (Å²) in [6, 6.07) is 9.05. The topological polar surface area (TPSA) is 142 Å². The number of rotatable bonds is 8. The number of benzene rings is 2. The standard InChI is InChI=1S/C22H22N2O8/c1-12(2)20(26)23-17-7-5-14(6-8-17)19(25)13(3)32-22(28)16-9-15(21(27)31-4)10-18(11-16)24(29)30/h5-13H,1-4H3,(H,23,26). The highest BCUT2D eigenvalue weighted by molar-refractivity contribution is 6.02. The number of anilines is 1. The summed E-state index contributed by atoms with van der Waals surface area (Å²) >= 11 is 0. The first kappa shape index (κ1) is 24.2. The lowest BCUT2D eigenvalue weighted by Gasteiger charge is -2.13. The summed E-state index contributed by atoms with van der Waals surface area (Å²) in [6.07, 6.45) is -1.21. The lowest BCUT2D eigenvalue weighted by molar-refractivity contribution is -0.384. The number of ketones is 1. The summed E-state index contributed by atoms with van der Waals surface area (Å²) in [5, 5.41) is 13.8. The monoisotopic (exact) mass is 442 g/mol. The first-order chi connectivity index (χ1) is 15.0. The molecule has 10 nitrogen and oxygen atoms in total. The van der Waals surface area contributed by atoms with Crippen molar-refractivity contribution >= 4 is 35.0 Å². The predicted molar refractivity (Wildman–Crippen MR) is 114 cm³/mol. The van der Waals surface area contributed by atoms with Crippen LogP contribution >= 0.6 is 0 Å². The minimum atomic E-state index is -1.21. The van der Waals surface area contributed by atoms with Gasteiger partial charge in [-0.05, 0) is 37.3 Å². The number of carbonyl (C=O) groups is 4. The fourth-order valence-electron chi connectivity index (χ4n) is 2.59. The van der Waals surface area contributed by atoms with E-state index in [2.05, 4.69) is 10.1 Å². The molecule has 2 rings (SSSR count). The van der Waals surface area contributed by atoms with E-state index in [-0.39, 0.29) is 28.5 Å². The molecule has 0 aliphatic carbocycles. The molecule has 0 spiro atoms. The third-order valence-corrected chi connectivity index (χ3v) is 4.40. The van der Waals surface area contributed by atoms with Crippen LogP contribution in [0.15, 0.2) is 42.5 Å². The molecule has 2 aromatic rings. The van der Waals surface area contributed by atoms with E-state index in [1.165, 1.54) is 19.1 Å². The average Bonchev–Trinajstić information content (AvgIpc) is 2.77. The van der Waals surface area contributed by atoms with Crippen LogP contribution in [0.2, 0.25) is 0 Å². The Morgan fingerprint density at radius 3 is 1.97 bits per heavy atom. The third kappa shape index (κ3) is 5.97. The number of non-ortho nitro benzene ring substituents is 1. The lowest BCUT2D eigenvalue weighted by atomic mass is 10.1. The normalized spacial score (nSPS) is 11.4. The number of Topliss-reactive ketones (excluding diaryl/α,β-unsaturated/α-hetero) is 1. The maximum absolute atomic E-state index is 12.6. The van der Waals surface area contributed by atoms with Crippen molar-refractivity contribution in [1.29, 1.82) is 0 Å². The van der Waals surface area contributed by atoms with Crippen LogP contribution in [0.4, 0.5) is 11.4 Å². The molecule has 0 radical (unpaired) electrons. The van der Waals surface area contributed by atoms with E-state index in [0.29, 0.717) is 5.69 Å². The van der Waals surface area contributed by atoms with E-state index < -0.39 is 34.4 Å². The largest absolute Gasteiger partial charge is 0.465 e. The summed E-state index contributed by atoms with van der Waals surface area (Å²) in [7, 11) is 1.10. The Balaban J connectivity index is 2.15. The summed E-state index contributed by atoms with van der Waals surface area (Å²) in [5.41, 5.74) is -0.227. The van der Waals surface area contributed by atoms with Gasteiger partial charge in [0.15, 0.2) is 6.10 Å². The van der Waals surface area contributed by atoms with Crippen LogP contribution in [0.1, 0.15) is 51.8 Å². The lowest BCUT2D eigenvalue weighted by Crippen LogP contribution is -2.24. The van der Waals surface area contributed by atoms with Crippen LogP contribution < -0.4 is 5.32 Å². The number of amides is 1. The molecule has 1 N–H and O–H groups in total. The number of ether oxygens (including phenoxy) is 2. The van der Waals surface area contributed by atoms with Crippen LogP contribution in [0, 0.1) is 16.0 Å². The number of hydrogen-bond donors (Lipinski definition) is 1. The summed E-state index contributed by atoms with van der Waals surface area (Å²) in [6.45, 7) is 4.85. The Bertz CT molecular complexity index is 1060. The van der Waals surface area contributed by atoms with E-state index in [1.54, 1.807) is 26.0 Å². The molecule has 168 valence electrons. The first-order valence-corrected chi connectivity index (χ1v) is 9.57. The fourth-order valence-corrected chi connectivity index (χ4v) is 2.59. The second-order valence-electron chi connectivity index (χ2n) is 7.15. The van der Waals surface area contributed by atoms with E-state index in [1.807, 2.05) is 0 Å². The molecule has 0 aliphatic rings. The van der Waals surface area contributed by atoms with Crippen molar-refractivity contribution in [3.05, 3.63) is 69.3 Å². The predicted octanol–water partition coefficient (Wildman–Crippen LogP) is 3.40. The molecule has 0 bridgehead atoms. The first-order valence-electron chi connectivity index (χ1n) is 9.57. The van der Waals surface area contributed by atoms with Gasteiger partial charge in [0.25, 0.3) is 5.69 Å². The van der Waals surface area contributed by atoms with Gasteiger partial charge < -0.3 is 14.8 Å². The number of nitro groups is 1. The number of nitro benzene ring substituents is 1. The molecule has 32 heavy (non-hydrogen) atoms. The van der Waals surface area contributed by atoms with Gasteiger partial charge >= 0.3 is 11.9 Å². The van der Waals surface area contributed by atoms with Crippen molar-refractivity contribution in [3.63, 3.8) is 0 Å². The number of methoxy groups -OCH3 is 1. The molecule has 0 saturated heterocycles. The Labute approximate surface area is 183 Å². The second-order valence-corrected chi connectivity index (χ2v) is 7.15. The molecular formula is C22H22N2O8. The molecule has 0 saturated carbocycles. The zero-order valence-electron chi connectivity index (χ0n) is 17.9. The molecule has 1 unspecified atom stereocenters.